The topological polar surface area (TPSA) is 80.1 Å². The van der Waals surface area contributed by atoms with Crippen molar-refractivity contribution in [2.45, 2.75) is 32.7 Å². The molecule has 8 heteroatoms. The molecule has 0 atom stereocenters. The quantitative estimate of drug-likeness (QED) is 0.702. The predicted octanol–water partition coefficient (Wildman–Crippen LogP) is 3.06. The summed E-state index contributed by atoms with van der Waals surface area (Å²) in [4.78, 5) is 26.9. The highest BCUT2D eigenvalue weighted by atomic mass is 19.1. The molecular formula is C23H24FN5O2. The fourth-order valence-corrected chi connectivity index (χ4v) is 3.86. The second-order valence-corrected chi connectivity index (χ2v) is 7.94. The van der Waals surface area contributed by atoms with Gasteiger partial charge in [-0.2, -0.15) is 0 Å². The Morgan fingerprint density at radius 3 is 2.45 bits per heavy atom. The van der Waals surface area contributed by atoms with E-state index in [1.54, 1.807) is 21.8 Å². The molecule has 160 valence electrons. The van der Waals surface area contributed by atoms with E-state index in [0.29, 0.717) is 37.2 Å². The van der Waals surface area contributed by atoms with Crippen LogP contribution in [0.4, 0.5) is 4.39 Å². The molecule has 2 heterocycles. The number of piperidine rings is 1. The molecule has 0 radical (unpaired) electrons. The number of nitrogens with one attached hydrogen (secondary N) is 1. The highest BCUT2D eigenvalue weighted by Gasteiger charge is 2.26. The summed E-state index contributed by atoms with van der Waals surface area (Å²) in [7, 11) is 0. The average molecular weight is 421 g/mol. The van der Waals surface area contributed by atoms with Crippen LogP contribution in [-0.2, 0) is 0 Å². The minimum absolute atomic E-state index is 0.0641. The van der Waals surface area contributed by atoms with Gasteiger partial charge < -0.3 is 10.2 Å². The van der Waals surface area contributed by atoms with Gasteiger partial charge in [-0.15, -0.1) is 5.10 Å². The van der Waals surface area contributed by atoms with Crippen molar-refractivity contribution in [2.24, 2.45) is 0 Å². The van der Waals surface area contributed by atoms with Crippen molar-refractivity contribution in [3.8, 4) is 5.69 Å². The van der Waals surface area contributed by atoms with E-state index in [2.05, 4.69) is 21.7 Å². The van der Waals surface area contributed by atoms with Gasteiger partial charge in [0.25, 0.3) is 11.8 Å². The number of aromatic nitrogens is 3. The zero-order chi connectivity index (χ0) is 22.0. The van der Waals surface area contributed by atoms with Crippen LogP contribution >= 0.6 is 0 Å². The Labute approximate surface area is 179 Å². The van der Waals surface area contributed by atoms with E-state index >= 15 is 0 Å². The number of carbonyl (C=O) groups is 2. The maximum absolute atomic E-state index is 13.3. The molecule has 0 aliphatic carbocycles. The summed E-state index contributed by atoms with van der Waals surface area (Å²) in [5.41, 5.74) is 3.67. The molecule has 1 aliphatic rings. The number of carbonyl (C=O) groups excluding carboxylic acids is 2. The smallest absolute Gasteiger partial charge is 0.276 e. The SMILES string of the molecule is Cc1cc(C)cc(-n2cc(C(=O)N3CCC(NC(=O)c4cccc(F)c4)CC3)nn2)c1. The van der Waals surface area contributed by atoms with E-state index < -0.39 is 5.82 Å². The van der Waals surface area contributed by atoms with Gasteiger partial charge in [0.1, 0.15) is 5.82 Å². The summed E-state index contributed by atoms with van der Waals surface area (Å²) >= 11 is 0. The lowest BCUT2D eigenvalue weighted by atomic mass is 10.0. The first-order chi connectivity index (χ1) is 14.9. The molecule has 0 spiro atoms. The van der Waals surface area contributed by atoms with Crippen molar-refractivity contribution in [1.82, 2.24) is 25.2 Å². The highest BCUT2D eigenvalue weighted by molar-refractivity contribution is 5.94. The van der Waals surface area contributed by atoms with E-state index in [1.807, 2.05) is 26.0 Å². The molecular weight excluding hydrogens is 397 g/mol. The lowest BCUT2D eigenvalue weighted by molar-refractivity contribution is 0.0692. The summed E-state index contributed by atoms with van der Waals surface area (Å²) in [5.74, 6) is -0.923. The fraction of sp³-hybridized carbons (Fsp3) is 0.304. The lowest BCUT2D eigenvalue weighted by Crippen LogP contribution is -2.46. The summed E-state index contributed by atoms with van der Waals surface area (Å²) in [6, 6.07) is 11.6. The Hall–Kier alpha value is -3.55. The number of hydrogen-bond acceptors (Lipinski definition) is 4. The van der Waals surface area contributed by atoms with Gasteiger partial charge in [0.15, 0.2) is 5.69 Å². The van der Waals surface area contributed by atoms with Crippen LogP contribution in [0.2, 0.25) is 0 Å². The number of rotatable bonds is 4. The number of likely N-dealkylation sites (tertiary alicyclic amines) is 1. The van der Waals surface area contributed by atoms with E-state index in [0.717, 1.165) is 16.8 Å². The second-order valence-electron chi connectivity index (χ2n) is 7.94. The van der Waals surface area contributed by atoms with Gasteiger partial charge in [-0.3, -0.25) is 9.59 Å². The molecule has 31 heavy (non-hydrogen) atoms. The van der Waals surface area contributed by atoms with Crippen LogP contribution in [0, 0.1) is 19.7 Å². The van der Waals surface area contributed by atoms with Crippen molar-refractivity contribution in [1.29, 1.82) is 0 Å². The molecule has 1 N–H and O–H groups in total. The molecule has 2 aromatic carbocycles. The Bertz CT molecular complexity index is 1100. The number of nitrogens with zero attached hydrogens (tertiary/aromatic N) is 4. The molecule has 0 bridgehead atoms. The number of halogens is 1. The highest BCUT2D eigenvalue weighted by Crippen LogP contribution is 2.16. The minimum Gasteiger partial charge on any atom is -0.349 e. The fourth-order valence-electron chi connectivity index (χ4n) is 3.86. The first-order valence-electron chi connectivity index (χ1n) is 10.3. The van der Waals surface area contributed by atoms with Gasteiger partial charge >= 0.3 is 0 Å². The third-order valence-electron chi connectivity index (χ3n) is 5.39. The Morgan fingerprint density at radius 2 is 1.77 bits per heavy atom. The van der Waals surface area contributed by atoms with Gasteiger partial charge in [-0.25, -0.2) is 9.07 Å². The molecule has 0 unspecified atom stereocenters. The third kappa shape index (κ3) is 4.79. The third-order valence-corrected chi connectivity index (χ3v) is 5.39. The predicted molar refractivity (Wildman–Crippen MR) is 114 cm³/mol. The molecule has 4 rings (SSSR count). The normalized spacial score (nSPS) is 14.5. The van der Waals surface area contributed by atoms with Crippen molar-refractivity contribution in [3.63, 3.8) is 0 Å². The Balaban J connectivity index is 1.35. The van der Waals surface area contributed by atoms with Crippen molar-refractivity contribution in [2.75, 3.05) is 13.1 Å². The molecule has 1 aromatic heterocycles. The molecule has 2 amide bonds. The standard InChI is InChI=1S/C23H24FN5O2/c1-15-10-16(2)12-20(11-15)29-14-21(26-27-29)23(31)28-8-6-19(7-9-28)25-22(30)17-4-3-5-18(24)13-17/h3-5,10-14,19H,6-9H2,1-2H3,(H,25,30). The average Bonchev–Trinajstić information content (AvgIpc) is 3.23. The van der Waals surface area contributed by atoms with Gasteiger partial charge in [-0.1, -0.05) is 17.3 Å². The van der Waals surface area contributed by atoms with Crippen LogP contribution in [0.5, 0.6) is 0 Å². The lowest BCUT2D eigenvalue weighted by Gasteiger charge is -2.31. The second kappa shape index (κ2) is 8.67. The van der Waals surface area contributed by atoms with Crippen molar-refractivity contribution in [3.05, 3.63) is 76.9 Å². The van der Waals surface area contributed by atoms with Crippen LogP contribution in [0.3, 0.4) is 0 Å². The summed E-state index contributed by atoms with van der Waals surface area (Å²) in [6.07, 6.45) is 2.89. The largest absolute Gasteiger partial charge is 0.349 e. The van der Waals surface area contributed by atoms with E-state index in [-0.39, 0.29) is 17.9 Å². The van der Waals surface area contributed by atoms with Gasteiger partial charge in [-0.05, 0) is 68.1 Å². The number of hydrogen-bond donors (Lipinski definition) is 1. The van der Waals surface area contributed by atoms with E-state index in [4.69, 9.17) is 0 Å². The number of amides is 2. The maximum atomic E-state index is 13.3. The van der Waals surface area contributed by atoms with Gasteiger partial charge in [0.05, 0.1) is 11.9 Å². The first kappa shape index (κ1) is 20.7. The maximum Gasteiger partial charge on any atom is 0.276 e. The molecule has 0 saturated carbocycles. The Morgan fingerprint density at radius 1 is 1.06 bits per heavy atom. The van der Waals surface area contributed by atoms with Gasteiger partial charge in [0.2, 0.25) is 0 Å². The monoisotopic (exact) mass is 421 g/mol. The van der Waals surface area contributed by atoms with Crippen LogP contribution < -0.4 is 5.32 Å². The molecule has 3 aromatic rings. The van der Waals surface area contributed by atoms with Crippen molar-refractivity contribution >= 4 is 11.8 Å². The molecule has 7 nitrogen and oxygen atoms in total. The van der Waals surface area contributed by atoms with Gasteiger partial charge in [0, 0.05) is 24.7 Å². The van der Waals surface area contributed by atoms with Crippen LogP contribution in [0.25, 0.3) is 5.69 Å². The van der Waals surface area contributed by atoms with Crippen LogP contribution in [0.1, 0.15) is 44.8 Å². The summed E-state index contributed by atoms with van der Waals surface area (Å²) in [5, 5.41) is 11.1. The van der Waals surface area contributed by atoms with E-state index in [9.17, 15) is 14.0 Å². The zero-order valence-electron chi connectivity index (χ0n) is 17.5. The summed E-state index contributed by atoms with van der Waals surface area (Å²) in [6.45, 7) is 5.03. The molecule has 1 fully saturated rings. The molecule has 1 saturated heterocycles. The number of benzene rings is 2. The molecule has 1 aliphatic heterocycles. The summed E-state index contributed by atoms with van der Waals surface area (Å²) < 4.78 is 14.9. The van der Waals surface area contributed by atoms with E-state index in [1.165, 1.54) is 18.2 Å². The van der Waals surface area contributed by atoms with Crippen LogP contribution in [-0.4, -0.2) is 50.8 Å². The Kier molecular flexibility index (Phi) is 5.79. The van der Waals surface area contributed by atoms with Crippen LogP contribution in [0.15, 0.2) is 48.7 Å². The zero-order valence-corrected chi connectivity index (χ0v) is 17.5. The number of aryl methyl sites for hydroxylation is 2. The van der Waals surface area contributed by atoms with Crippen molar-refractivity contribution < 1.29 is 14.0 Å². The minimum atomic E-state index is -0.443. The first-order valence-corrected chi connectivity index (χ1v) is 10.3.